The van der Waals surface area contributed by atoms with Gasteiger partial charge in [0.05, 0.1) is 5.52 Å². The molecule has 0 unspecified atom stereocenters. The molecule has 1 heterocycles. The SMILES string of the molecule is C[C@@H]1CCC[C@@H](C)C1=NNC(=O)Cn1nnc2ccccc21. The van der Waals surface area contributed by atoms with Crippen LogP contribution in [0.25, 0.3) is 11.0 Å². The van der Waals surface area contributed by atoms with Crippen LogP contribution in [-0.2, 0) is 11.3 Å². The van der Waals surface area contributed by atoms with E-state index in [2.05, 4.69) is 34.7 Å². The van der Waals surface area contributed by atoms with Crippen molar-refractivity contribution in [3.63, 3.8) is 0 Å². The molecule has 1 amide bonds. The van der Waals surface area contributed by atoms with Gasteiger partial charge in [-0.3, -0.25) is 4.79 Å². The molecule has 1 aromatic carbocycles. The van der Waals surface area contributed by atoms with Gasteiger partial charge < -0.3 is 0 Å². The zero-order valence-electron chi connectivity index (χ0n) is 13.0. The first kappa shape index (κ1) is 14.7. The van der Waals surface area contributed by atoms with Gasteiger partial charge in [-0.15, -0.1) is 5.10 Å². The lowest BCUT2D eigenvalue weighted by Gasteiger charge is -2.26. The van der Waals surface area contributed by atoms with E-state index in [4.69, 9.17) is 0 Å². The predicted octanol–water partition coefficient (Wildman–Crippen LogP) is 2.36. The molecule has 0 aliphatic heterocycles. The molecular formula is C16H21N5O. The molecule has 1 N–H and O–H groups in total. The molecule has 0 saturated heterocycles. The second kappa shape index (κ2) is 6.25. The number of aromatic nitrogens is 3. The van der Waals surface area contributed by atoms with Crippen molar-refractivity contribution < 1.29 is 4.79 Å². The van der Waals surface area contributed by atoms with Crippen LogP contribution in [-0.4, -0.2) is 26.6 Å². The van der Waals surface area contributed by atoms with E-state index in [9.17, 15) is 4.79 Å². The number of amides is 1. The molecule has 116 valence electrons. The number of carbonyl (C=O) groups is 1. The Morgan fingerprint density at radius 2 is 2.05 bits per heavy atom. The Bertz CT molecular complexity index is 693. The van der Waals surface area contributed by atoms with Gasteiger partial charge in [-0.1, -0.05) is 37.6 Å². The summed E-state index contributed by atoms with van der Waals surface area (Å²) >= 11 is 0. The predicted molar refractivity (Wildman–Crippen MR) is 85.3 cm³/mol. The minimum Gasteiger partial charge on any atom is -0.271 e. The maximum atomic E-state index is 12.1. The lowest BCUT2D eigenvalue weighted by molar-refractivity contribution is -0.121. The first-order valence-electron chi connectivity index (χ1n) is 7.79. The summed E-state index contributed by atoms with van der Waals surface area (Å²) in [4.78, 5) is 12.1. The summed E-state index contributed by atoms with van der Waals surface area (Å²) in [5, 5.41) is 12.4. The monoisotopic (exact) mass is 299 g/mol. The Labute approximate surface area is 129 Å². The van der Waals surface area contributed by atoms with Crippen LogP contribution in [0.5, 0.6) is 0 Å². The number of nitrogens with one attached hydrogen (secondary N) is 1. The molecule has 0 radical (unpaired) electrons. The highest BCUT2D eigenvalue weighted by molar-refractivity contribution is 5.90. The van der Waals surface area contributed by atoms with E-state index in [1.54, 1.807) is 4.68 Å². The van der Waals surface area contributed by atoms with E-state index in [0.717, 1.165) is 29.6 Å². The topological polar surface area (TPSA) is 72.2 Å². The molecule has 1 fully saturated rings. The van der Waals surface area contributed by atoms with Crippen molar-refractivity contribution in [3.8, 4) is 0 Å². The van der Waals surface area contributed by atoms with Gasteiger partial charge in [0.1, 0.15) is 12.1 Å². The number of rotatable bonds is 3. The second-order valence-corrected chi connectivity index (χ2v) is 6.04. The highest BCUT2D eigenvalue weighted by Gasteiger charge is 2.23. The van der Waals surface area contributed by atoms with Gasteiger partial charge in [0.2, 0.25) is 0 Å². The Morgan fingerprint density at radius 1 is 1.32 bits per heavy atom. The number of hydrogen-bond acceptors (Lipinski definition) is 4. The van der Waals surface area contributed by atoms with Gasteiger partial charge in [0.15, 0.2) is 0 Å². The van der Waals surface area contributed by atoms with Gasteiger partial charge in [-0.05, 0) is 36.8 Å². The van der Waals surface area contributed by atoms with Gasteiger partial charge >= 0.3 is 0 Å². The van der Waals surface area contributed by atoms with Crippen molar-refractivity contribution in [1.82, 2.24) is 20.4 Å². The first-order valence-corrected chi connectivity index (χ1v) is 7.79. The summed E-state index contributed by atoms with van der Waals surface area (Å²) in [5.41, 5.74) is 5.42. The van der Waals surface area contributed by atoms with E-state index in [1.165, 1.54) is 6.42 Å². The van der Waals surface area contributed by atoms with E-state index < -0.39 is 0 Å². The Balaban J connectivity index is 1.67. The van der Waals surface area contributed by atoms with Crippen molar-refractivity contribution in [1.29, 1.82) is 0 Å². The van der Waals surface area contributed by atoms with Crippen LogP contribution in [0.15, 0.2) is 29.4 Å². The average molecular weight is 299 g/mol. The van der Waals surface area contributed by atoms with Crippen LogP contribution in [0.2, 0.25) is 0 Å². The average Bonchev–Trinajstić information content (AvgIpc) is 2.90. The third-order valence-electron chi connectivity index (χ3n) is 4.31. The fourth-order valence-electron chi connectivity index (χ4n) is 3.06. The van der Waals surface area contributed by atoms with Crippen molar-refractivity contribution in [2.24, 2.45) is 16.9 Å². The molecule has 0 bridgehead atoms. The van der Waals surface area contributed by atoms with Crippen molar-refractivity contribution in [2.75, 3.05) is 0 Å². The quantitative estimate of drug-likeness (QED) is 0.884. The normalized spacial score (nSPS) is 21.8. The molecular weight excluding hydrogens is 278 g/mol. The standard InChI is InChI=1S/C16H21N5O/c1-11-6-5-7-12(2)16(11)19-18-15(22)10-21-14-9-4-3-8-13(14)17-20-21/h3-4,8-9,11-12H,5-7,10H2,1-2H3,(H,18,22)/t11-,12-/m1/s1. The van der Waals surface area contributed by atoms with Crippen LogP contribution < -0.4 is 5.43 Å². The Morgan fingerprint density at radius 3 is 2.82 bits per heavy atom. The second-order valence-electron chi connectivity index (χ2n) is 6.04. The number of fused-ring (bicyclic) bond motifs is 1. The number of carbonyl (C=O) groups excluding carboxylic acids is 1. The van der Waals surface area contributed by atoms with Crippen LogP contribution in [0, 0.1) is 11.8 Å². The lowest BCUT2D eigenvalue weighted by atomic mass is 9.81. The van der Waals surface area contributed by atoms with E-state index in [1.807, 2.05) is 24.3 Å². The number of nitrogens with zero attached hydrogens (tertiary/aromatic N) is 4. The molecule has 22 heavy (non-hydrogen) atoms. The third-order valence-corrected chi connectivity index (χ3v) is 4.31. The third kappa shape index (κ3) is 3.00. The summed E-state index contributed by atoms with van der Waals surface area (Å²) in [7, 11) is 0. The zero-order chi connectivity index (χ0) is 15.5. The van der Waals surface area contributed by atoms with Gasteiger partial charge in [-0.2, -0.15) is 5.10 Å². The summed E-state index contributed by atoms with van der Waals surface area (Å²) in [6.07, 6.45) is 3.53. The molecule has 6 heteroatoms. The summed E-state index contributed by atoms with van der Waals surface area (Å²) < 4.78 is 1.60. The number of hydrazone groups is 1. The fourth-order valence-corrected chi connectivity index (χ4v) is 3.06. The molecule has 0 spiro atoms. The fraction of sp³-hybridized carbons (Fsp3) is 0.500. The Hall–Kier alpha value is -2.24. The zero-order valence-corrected chi connectivity index (χ0v) is 13.0. The minimum atomic E-state index is -0.173. The van der Waals surface area contributed by atoms with Crippen LogP contribution in [0.1, 0.15) is 33.1 Å². The van der Waals surface area contributed by atoms with Gasteiger partial charge in [0, 0.05) is 5.71 Å². The smallest absolute Gasteiger partial charge is 0.261 e. The summed E-state index contributed by atoms with van der Waals surface area (Å²) in [6, 6.07) is 7.59. The number of hydrogen-bond donors (Lipinski definition) is 1. The number of para-hydroxylation sites is 1. The highest BCUT2D eigenvalue weighted by Crippen LogP contribution is 2.25. The van der Waals surface area contributed by atoms with Crippen molar-refractivity contribution in [2.45, 2.75) is 39.7 Å². The maximum Gasteiger partial charge on any atom is 0.261 e. The molecule has 2 aromatic rings. The molecule has 1 aliphatic carbocycles. The molecule has 1 aromatic heterocycles. The van der Waals surface area contributed by atoms with Crippen LogP contribution >= 0.6 is 0 Å². The Kier molecular flexibility index (Phi) is 4.18. The van der Waals surface area contributed by atoms with Gasteiger partial charge in [0.25, 0.3) is 5.91 Å². The minimum absolute atomic E-state index is 0.125. The summed E-state index contributed by atoms with van der Waals surface area (Å²) in [5.74, 6) is 0.709. The van der Waals surface area contributed by atoms with Crippen LogP contribution in [0.3, 0.4) is 0 Å². The molecule has 1 aliphatic rings. The number of benzene rings is 1. The molecule has 6 nitrogen and oxygen atoms in total. The molecule has 1 saturated carbocycles. The van der Waals surface area contributed by atoms with Gasteiger partial charge in [-0.25, -0.2) is 10.1 Å². The molecule has 3 rings (SSSR count). The largest absolute Gasteiger partial charge is 0.271 e. The van der Waals surface area contributed by atoms with Crippen molar-refractivity contribution >= 4 is 22.7 Å². The lowest BCUT2D eigenvalue weighted by Crippen LogP contribution is -2.30. The van der Waals surface area contributed by atoms with Crippen LogP contribution in [0.4, 0.5) is 0 Å². The summed E-state index contributed by atoms with van der Waals surface area (Å²) in [6.45, 7) is 4.47. The maximum absolute atomic E-state index is 12.1. The first-order chi connectivity index (χ1) is 10.6. The highest BCUT2D eigenvalue weighted by atomic mass is 16.2. The van der Waals surface area contributed by atoms with E-state index in [-0.39, 0.29) is 12.5 Å². The van der Waals surface area contributed by atoms with E-state index in [0.29, 0.717) is 11.8 Å². The van der Waals surface area contributed by atoms with E-state index >= 15 is 0 Å². The van der Waals surface area contributed by atoms with Crippen molar-refractivity contribution in [3.05, 3.63) is 24.3 Å². The molecule has 2 atom stereocenters.